The van der Waals surface area contributed by atoms with Crippen LogP contribution in [0.4, 0.5) is 4.39 Å². The molecule has 0 aromatic carbocycles. The number of rotatable bonds is 5. The fourth-order valence-corrected chi connectivity index (χ4v) is 3.11. The molecule has 1 aromatic heterocycles. The second-order valence-corrected chi connectivity index (χ2v) is 6.53. The van der Waals surface area contributed by atoms with Crippen molar-refractivity contribution in [3.8, 4) is 0 Å². The van der Waals surface area contributed by atoms with E-state index in [4.69, 9.17) is 14.2 Å². The first-order valence-electron chi connectivity index (χ1n) is 8.69. The summed E-state index contributed by atoms with van der Waals surface area (Å²) in [4.78, 5) is 38.9. The van der Waals surface area contributed by atoms with E-state index in [1.165, 1.54) is 0 Å². The van der Waals surface area contributed by atoms with Gasteiger partial charge in [0.2, 0.25) is 5.82 Å². The maximum Gasteiger partial charge on any atom is 0.330 e. The summed E-state index contributed by atoms with van der Waals surface area (Å²) in [6, 6.07) is -0.459. The minimum Gasteiger partial charge on any atom is -0.462 e. The Balaban J connectivity index is 1.57. The Labute approximate surface area is 153 Å². The molecule has 0 radical (unpaired) electrons. The van der Waals surface area contributed by atoms with Gasteiger partial charge in [0.25, 0.3) is 5.56 Å². The number of aliphatic hydroxyl groups is 1. The summed E-state index contributed by atoms with van der Waals surface area (Å²) >= 11 is 0. The van der Waals surface area contributed by atoms with E-state index in [0.29, 0.717) is 26.3 Å². The van der Waals surface area contributed by atoms with Gasteiger partial charge in [-0.25, -0.2) is 4.79 Å². The molecule has 1 aromatic rings. The number of aromatic nitrogens is 2. The number of ether oxygens (including phenoxy) is 3. The van der Waals surface area contributed by atoms with E-state index in [2.05, 4.69) is 0 Å². The minimum absolute atomic E-state index is 0.00732. The normalized spacial score (nSPS) is 27.4. The second-order valence-electron chi connectivity index (χ2n) is 6.53. The van der Waals surface area contributed by atoms with Crippen molar-refractivity contribution in [3.63, 3.8) is 0 Å². The monoisotopic (exact) mass is 387 g/mol. The Hall–Kier alpha value is -2.08. The zero-order valence-corrected chi connectivity index (χ0v) is 14.8. The van der Waals surface area contributed by atoms with Gasteiger partial charge in [-0.2, -0.15) is 4.39 Å². The highest BCUT2D eigenvalue weighted by molar-refractivity contribution is 5.75. The average Bonchev–Trinajstić information content (AvgIpc) is 3.03. The van der Waals surface area contributed by atoms with Gasteiger partial charge in [0.1, 0.15) is 25.0 Å². The standard InChI is InChI=1S/C16H22FN3O7/c1-9(19-2-4-25-5-3-19)15(23)26-8-12-11(21)6-13(27-12)20-7-10(17)14(22)18-16(20)24/h7,9,11-13,21H,2-6,8H2,1H3,(H,18,22,24)/t9?,11?,12-,13-/m0/s1. The maximum atomic E-state index is 13.4. The predicted octanol–water partition coefficient (Wildman–Crippen LogP) is -1.41. The molecule has 2 N–H and O–H groups in total. The molecular weight excluding hydrogens is 365 g/mol. The molecule has 2 aliphatic rings. The van der Waals surface area contributed by atoms with E-state index < -0.39 is 47.5 Å². The number of H-pyrrole nitrogens is 1. The molecule has 3 heterocycles. The summed E-state index contributed by atoms with van der Waals surface area (Å²) in [5, 5.41) is 10.1. The molecule has 150 valence electrons. The van der Waals surface area contributed by atoms with Gasteiger partial charge < -0.3 is 19.3 Å². The first-order chi connectivity index (χ1) is 12.9. The van der Waals surface area contributed by atoms with E-state index in [9.17, 15) is 23.9 Å². The number of morpholine rings is 1. The molecule has 3 rings (SSSR count). The van der Waals surface area contributed by atoms with E-state index in [1.807, 2.05) is 9.88 Å². The first kappa shape index (κ1) is 19.7. The van der Waals surface area contributed by atoms with Crippen LogP contribution in [-0.4, -0.2) is 76.7 Å². The number of nitrogens with zero attached hydrogens (tertiary/aromatic N) is 2. The number of esters is 1. The Morgan fingerprint density at radius 2 is 2.15 bits per heavy atom. The van der Waals surface area contributed by atoms with Crippen molar-refractivity contribution in [1.82, 2.24) is 14.5 Å². The lowest BCUT2D eigenvalue weighted by Crippen LogP contribution is -2.47. The van der Waals surface area contributed by atoms with Crippen molar-refractivity contribution in [3.05, 3.63) is 32.9 Å². The Bertz CT molecular complexity index is 789. The largest absolute Gasteiger partial charge is 0.462 e. The van der Waals surface area contributed by atoms with Gasteiger partial charge in [0, 0.05) is 19.5 Å². The Morgan fingerprint density at radius 1 is 1.44 bits per heavy atom. The third-order valence-electron chi connectivity index (χ3n) is 4.76. The van der Waals surface area contributed by atoms with Gasteiger partial charge >= 0.3 is 11.7 Å². The number of carbonyl (C=O) groups excluding carboxylic acids is 1. The van der Waals surface area contributed by atoms with E-state index in [1.54, 1.807) is 6.92 Å². The van der Waals surface area contributed by atoms with E-state index >= 15 is 0 Å². The molecule has 11 heteroatoms. The smallest absolute Gasteiger partial charge is 0.330 e. The summed E-state index contributed by atoms with van der Waals surface area (Å²) in [5.74, 6) is -1.59. The van der Waals surface area contributed by atoms with E-state index in [0.717, 1.165) is 10.8 Å². The summed E-state index contributed by atoms with van der Waals surface area (Å²) < 4.78 is 30.3. The molecule has 0 spiro atoms. The first-order valence-corrected chi connectivity index (χ1v) is 8.69. The third-order valence-corrected chi connectivity index (χ3v) is 4.76. The number of hydrogen-bond acceptors (Lipinski definition) is 8. The van der Waals surface area contributed by atoms with Crippen molar-refractivity contribution in [1.29, 1.82) is 0 Å². The van der Waals surface area contributed by atoms with Crippen LogP contribution in [0.15, 0.2) is 15.8 Å². The summed E-state index contributed by atoms with van der Waals surface area (Å²) in [6.07, 6.45) is -2.12. The molecule has 0 aliphatic carbocycles. The van der Waals surface area contributed by atoms with Crippen molar-refractivity contribution >= 4 is 5.97 Å². The van der Waals surface area contributed by atoms with Crippen LogP contribution in [0.2, 0.25) is 0 Å². The Morgan fingerprint density at radius 3 is 2.85 bits per heavy atom. The summed E-state index contributed by atoms with van der Waals surface area (Å²) in [7, 11) is 0. The lowest BCUT2D eigenvalue weighted by atomic mass is 10.2. The quantitative estimate of drug-likeness (QED) is 0.591. The van der Waals surface area contributed by atoms with Crippen LogP contribution in [-0.2, 0) is 19.0 Å². The molecule has 2 unspecified atom stereocenters. The molecule has 2 fully saturated rings. The van der Waals surface area contributed by atoms with Gasteiger partial charge in [0.15, 0.2) is 0 Å². The molecule has 0 amide bonds. The van der Waals surface area contributed by atoms with Crippen LogP contribution in [0.1, 0.15) is 19.6 Å². The lowest BCUT2D eigenvalue weighted by molar-refractivity contribution is -0.157. The number of hydrogen-bond donors (Lipinski definition) is 2. The van der Waals surface area contributed by atoms with Crippen LogP contribution >= 0.6 is 0 Å². The maximum absolute atomic E-state index is 13.4. The van der Waals surface area contributed by atoms with Crippen molar-refractivity contribution in [2.75, 3.05) is 32.9 Å². The van der Waals surface area contributed by atoms with Gasteiger partial charge in [-0.3, -0.25) is 24.0 Å². The van der Waals surface area contributed by atoms with Crippen molar-refractivity contribution < 1.29 is 28.5 Å². The third kappa shape index (κ3) is 4.43. The highest BCUT2D eigenvalue weighted by Crippen LogP contribution is 2.27. The SMILES string of the molecule is CC(C(=O)OC[C@@H]1O[C@H](n2cc(F)c(=O)[nH]c2=O)CC1O)N1CCOCC1. The Kier molecular flexibility index (Phi) is 6.05. The summed E-state index contributed by atoms with van der Waals surface area (Å²) in [5.41, 5.74) is -1.98. The number of aromatic amines is 1. The molecule has 2 aliphatic heterocycles. The second kappa shape index (κ2) is 8.30. The number of aliphatic hydroxyl groups excluding tert-OH is 1. The molecule has 0 bridgehead atoms. The van der Waals surface area contributed by atoms with Crippen molar-refractivity contribution in [2.45, 2.75) is 37.8 Å². The molecular formula is C16H22FN3O7. The van der Waals surface area contributed by atoms with Gasteiger partial charge in [0.05, 0.1) is 25.5 Å². The topological polar surface area (TPSA) is 123 Å². The highest BCUT2D eigenvalue weighted by Gasteiger charge is 2.37. The molecule has 4 atom stereocenters. The van der Waals surface area contributed by atoms with Gasteiger partial charge in [-0.05, 0) is 6.92 Å². The molecule has 27 heavy (non-hydrogen) atoms. The molecule has 2 saturated heterocycles. The number of halogens is 1. The fourth-order valence-electron chi connectivity index (χ4n) is 3.11. The van der Waals surface area contributed by atoms with Crippen molar-refractivity contribution in [2.24, 2.45) is 0 Å². The lowest BCUT2D eigenvalue weighted by Gasteiger charge is -2.31. The van der Waals surface area contributed by atoms with Crippen LogP contribution in [0, 0.1) is 5.82 Å². The van der Waals surface area contributed by atoms with Crippen LogP contribution < -0.4 is 11.2 Å². The molecule has 0 saturated carbocycles. The van der Waals surface area contributed by atoms with Gasteiger partial charge in [-0.15, -0.1) is 0 Å². The van der Waals surface area contributed by atoms with Crippen LogP contribution in [0.25, 0.3) is 0 Å². The highest BCUT2D eigenvalue weighted by atomic mass is 19.1. The molecule has 10 nitrogen and oxygen atoms in total. The predicted molar refractivity (Wildman–Crippen MR) is 88.6 cm³/mol. The number of carbonyl (C=O) groups is 1. The summed E-state index contributed by atoms with van der Waals surface area (Å²) in [6.45, 7) is 3.88. The minimum atomic E-state index is -1.14. The van der Waals surface area contributed by atoms with Crippen LogP contribution in [0.3, 0.4) is 0 Å². The fraction of sp³-hybridized carbons (Fsp3) is 0.688. The number of nitrogens with one attached hydrogen (secondary N) is 1. The van der Waals surface area contributed by atoms with E-state index in [-0.39, 0.29) is 13.0 Å². The average molecular weight is 387 g/mol. The zero-order chi connectivity index (χ0) is 19.6. The van der Waals surface area contributed by atoms with Crippen LogP contribution in [0.5, 0.6) is 0 Å². The van der Waals surface area contributed by atoms with Gasteiger partial charge in [-0.1, -0.05) is 0 Å². The zero-order valence-electron chi connectivity index (χ0n) is 14.8.